The third-order valence-electron chi connectivity index (χ3n) is 3.47. The molecule has 0 unspecified atom stereocenters. The Morgan fingerprint density at radius 1 is 1.33 bits per heavy atom. The number of nitrogens with one attached hydrogen (secondary N) is 1. The Morgan fingerprint density at radius 3 is 2.43 bits per heavy atom. The van der Waals surface area contributed by atoms with E-state index in [-0.39, 0.29) is 4.75 Å². The number of rotatable bonds is 5. The van der Waals surface area contributed by atoms with Gasteiger partial charge >= 0.3 is 13.6 Å². The van der Waals surface area contributed by atoms with Gasteiger partial charge in [0, 0.05) is 16.1 Å². The lowest BCUT2D eigenvalue weighted by Crippen LogP contribution is -2.46. The molecule has 0 aliphatic heterocycles. The molecule has 21 heavy (non-hydrogen) atoms. The zero-order valence-electron chi connectivity index (χ0n) is 13.1. The van der Waals surface area contributed by atoms with Crippen molar-refractivity contribution in [3.8, 4) is 0 Å². The number of hydrogen-bond acceptors (Lipinski definition) is 5. The van der Waals surface area contributed by atoms with Crippen molar-refractivity contribution in [3.05, 3.63) is 18.2 Å². The van der Waals surface area contributed by atoms with Crippen molar-refractivity contribution in [2.45, 2.75) is 38.0 Å². The summed E-state index contributed by atoms with van der Waals surface area (Å²) in [5.41, 5.74) is 7.28. The summed E-state index contributed by atoms with van der Waals surface area (Å²) < 4.78 is 10.0. The van der Waals surface area contributed by atoms with E-state index in [1.54, 1.807) is 25.7 Å². The third kappa shape index (κ3) is 4.86. The Kier molecular flexibility index (Phi) is 5.58. The smallest absolute Gasteiger partial charge is 0.411 e. The van der Waals surface area contributed by atoms with Crippen molar-refractivity contribution in [3.63, 3.8) is 0 Å². The average molecular weight is 309 g/mol. The van der Waals surface area contributed by atoms with Gasteiger partial charge in [0.15, 0.2) is 0 Å². The molecule has 0 aromatic heterocycles. The zero-order valence-corrected chi connectivity index (χ0v) is 14.0. The normalized spacial score (nSPS) is 11.9. The molecule has 0 spiro atoms. The average Bonchev–Trinajstić information content (AvgIpc) is 2.36. The summed E-state index contributed by atoms with van der Waals surface area (Å²) in [6.45, 7) is 7.88. The van der Waals surface area contributed by atoms with Gasteiger partial charge in [-0.25, -0.2) is 4.79 Å². The Hall–Kier alpha value is -1.34. The Bertz CT molecular complexity index is 515. The second kappa shape index (κ2) is 6.62. The maximum absolute atomic E-state index is 11.1. The fraction of sp³-hybridized carbons (Fsp3) is 0.500. The summed E-state index contributed by atoms with van der Waals surface area (Å²) in [5.74, 6) is 0. The lowest BCUT2D eigenvalue weighted by molar-refractivity contribution is 0.0855. The molecule has 0 saturated heterocycles. The Balaban J connectivity index is 2.76. The molecule has 1 aromatic carbocycles. The van der Waals surface area contributed by atoms with Gasteiger partial charge < -0.3 is 15.1 Å². The summed E-state index contributed by atoms with van der Waals surface area (Å²) in [6.07, 6.45) is -0.541. The van der Waals surface area contributed by atoms with E-state index in [2.05, 4.69) is 22.7 Å². The molecular formula is C14H22BN2O3S. The number of benzene rings is 1. The number of anilines is 2. The molecule has 0 heterocycles. The van der Waals surface area contributed by atoms with Gasteiger partial charge in [-0.05, 0) is 45.3 Å². The van der Waals surface area contributed by atoms with Crippen LogP contribution in [0.5, 0.6) is 0 Å². The van der Waals surface area contributed by atoms with Crippen molar-refractivity contribution in [1.82, 2.24) is 0 Å². The maximum atomic E-state index is 11.1. The second-order valence-electron chi connectivity index (χ2n) is 5.77. The standard InChI is InChI=1S/C14H22BN2O3S/c1-13(2,14(3,4)21)20-15-10-7-6-9(8-11(10)16)17-12(18)19-5/h6-8,21H,16H2,1-5H3,(H,17,18). The number of carbonyl (C=O) groups is 1. The highest BCUT2D eigenvalue weighted by molar-refractivity contribution is 7.81. The Labute approximate surface area is 132 Å². The van der Waals surface area contributed by atoms with Gasteiger partial charge in [0.05, 0.1) is 12.7 Å². The van der Waals surface area contributed by atoms with Gasteiger partial charge in [-0.15, -0.1) is 0 Å². The van der Waals surface area contributed by atoms with Gasteiger partial charge in [0.25, 0.3) is 0 Å². The molecule has 7 heteroatoms. The predicted molar refractivity (Wildman–Crippen MR) is 90.5 cm³/mol. The molecule has 0 saturated carbocycles. The minimum Gasteiger partial charge on any atom is -0.453 e. The van der Waals surface area contributed by atoms with Crippen LogP contribution in [0.1, 0.15) is 27.7 Å². The number of carbonyl (C=O) groups excluding carboxylic acids is 1. The summed E-state index contributed by atoms with van der Waals surface area (Å²) in [5, 5.41) is 2.55. The lowest BCUT2D eigenvalue weighted by atomic mass is 9.83. The maximum Gasteiger partial charge on any atom is 0.411 e. The Morgan fingerprint density at radius 2 is 1.95 bits per heavy atom. The van der Waals surface area contributed by atoms with Crippen molar-refractivity contribution in [2.75, 3.05) is 18.2 Å². The monoisotopic (exact) mass is 309 g/mol. The molecule has 1 rings (SSSR count). The first kappa shape index (κ1) is 17.7. The van der Waals surface area contributed by atoms with Gasteiger partial charge in [0.2, 0.25) is 0 Å². The van der Waals surface area contributed by atoms with E-state index in [4.69, 9.17) is 10.4 Å². The highest BCUT2D eigenvalue weighted by atomic mass is 32.1. The van der Waals surface area contributed by atoms with Crippen molar-refractivity contribution >= 4 is 43.0 Å². The quantitative estimate of drug-likeness (QED) is 0.443. The van der Waals surface area contributed by atoms with Gasteiger partial charge in [-0.3, -0.25) is 5.32 Å². The van der Waals surface area contributed by atoms with Gasteiger partial charge in [0.1, 0.15) is 0 Å². The van der Waals surface area contributed by atoms with E-state index in [1.807, 2.05) is 27.7 Å². The van der Waals surface area contributed by atoms with Crippen molar-refractivity contribution in [2.24, 2.45) is 0 Å². The number of methoxy groups -OCH3 is 1. The van der Waals surface area contributed by atoms with Crippen LogP contribution in [0.4, 0.5) is 16.2 Å². The van der Waals surface area contributed by atoms with E-state index >= 15 is 0 Å². The number of amides is 1. The zero-order chi connectivity index (χ0) is 16.3. The van der Waals surface area contributed by atoms with Crippen LogP contribution in [-0.2, 0) is 9.39 Å². The molecule has 1 radical (unpaired) electrons. The van der Waals surface area contributed by atoms with E-state index in [0.717, 1.165) is 5.46 Å². The van der Waals surface area contributed by atoms with Crippen LogP contribution in [-0.4, -0.2) is 31.0 Å². The summed E-state index contributed by atoms with van der Waals surface area (Å²) in [7, 11) is 2.91. The van der Waals surface area contributed by atoms with Gasteiger partial charge in [-0.2, -0.15) is 12.6 Å². The van der Waals surface area contributed by atoms with Crippen LogP contribution in [0, 0.1) is 0 Å². The fourth-order valence-electron chi connectivity index (χ4n) is 1.28. The largest absolute Gasteiger partial charge is 0.453 e. The number of nitrogen functional groups attached to an aromatic ring is 1. The molecule has 0 aliphatic carbocycles. The van der Waals surface area contributed by atoms with Crippen LogP contribution >= 0.6 is 12.6 Å². The van der Waals surface area contributed by atoms with Gasteiger partial charge in [-0.1, -0.05) is 6.07 Å². The van der Waals surface area contributed by atoms with E-state index in [9.17, 15) is 4.79 Å². The van der Waals surface area contributed by atoms with Crippen molar-refractivity contribution in [1.29, 1.82) is 0 Å². The SMILES string of the molecule is COC(=O)Nc1ccc([B]OC(C)(C)C(C)(C)S)c(N)c1. The predicted octanol–water partition coefficient (Wildman–Crippen LogP) is 2.20. The van der Waals surface area contributed by atoms with Crippen molar-refractivity contribution < 1.29 is 14.2 Å². The molecule has 5 nitrogen and oxygen atoms in total. The van der Waals surface area contributed by atoms with E-state index in [0.29, 0.717) is 11.4 Å². The molecule has 115 valence electrons. The molecule has 0 aliphatic rings. The highest BCUT2D eigenvalue weighted by Crippen LogP contribution is 2.30. The second-order valence-corrected chi connectivity index (χ2v) is 6.88. The van der Waals surface area contributed by atoms with Crippen LogP contribution < -0.4 is 16.5 Å². The van der Waals surface area contributed by atoms with E-state index < -0.39 is 11.7 Å². The fourth-order valence-corrected chi connectivity index (χ4v) is 1.34. The molecule has 0 fully saturated rings. The number of hydrogen-bond donors (Lipinski definition) is 3. The first-order valence-electron chi connectivity index (χ1n) is 6.55. The van der Waals surface area contributed by atoms with Crippen LogP contribution in [0.2, 0.25) is 0 Å². The summed E-state index contributed by atoms with van der Waals surface area (Å²) in [4.78, 5) is 11.1. The highest BCUT2D eigenvalue weighted by Gasteiger charge is 2.34. The molecule has 0 atom stereocenters. The van der Waals surface area contributed by atoms with Crippen LogP contribution in [0.15, 0.2) is 18.2 Å². The topological polar surface area (TPSA) is 73.6 Å². The van der Waals surface area contributed by atoms with Crippen LogP contribution in [0.3, 0.4) is 0 Å². The molecule has 3 N–H and O–H groups in total. The molecule has 1 aromatic rings. The minimum atomic E-state index is -0.541. The van der Waals surface area contributed by atoms with E-state index in [1.165, 1.54) is 7.11 Å². The summed E-state index contributed by atoms with van der Waals surface area (Å²) in [6, 6.07) is 5.13. The minimum absolute atomic E-state index is 0.315. The molecule has 0 bridgehead atoms. The third-order valence-corrected chi connectivity index (χ3v) is 4.01. The molecular weight excluding hydrogens is 287 g/mol. The number of thiol groups is 1. The van der Waals surface area contributed by atoms with Crippen LogP contribution in [0.25, 0.3) is 0 Å². The first-order chi connectivity index (χ1) is 9.56. The number of nitrogens with two attached hydrogens (primary N) is 1. The summed E-state index contributed by atoms with van der Waals surface area (Å²) >= 11 is 4.53. The number of ether oxygens (including phenoxy) is 1. The lowest BCUT2D eigenvalue weighted by Gasteiger charge is -2.38. The first-order valence-corrected chi connectivity index (χ1v) is 6.99. The molecule has 1 amide bonds.